The Morgan fingerprint density at radius 2 is 1.94 bits per heavy atom. The molecule has 1 aromatic carbocycles. The van der Waals surface area contributed by atoms with Crippen molar-refractivity contribution in [1.82, 2.24) is 5.32 Å². The van der Waals surface area contributed by atoms with Crippen molar-refractivity contribution in [3.63, 3.8) is 0 Å². The predicted octanol–water partition coefficient (Wildman–Crippen LogP) is 2.64. The van der Waals surface area contributed by atoms with Gasteiger partial charge in [0.25, 0.3) is 0 Å². The lowest BCUT2D eigenvalue weighted by molar-refractivity contribution is 0.418. The van der Waals surface area contributed by atoms with Crippen LogP contribution in [0.2, 0.25) is 0 Å². The first kappa shape index (κ1) is 12.6. The van der Waals surface area contributed by atoms with Gasteiger partial charge in [0.05, 0.1) is 5.56 Å². The molecule has 1 aliphatic carbocycles. The number of phenolic OH excluding ortho intramolecular Hbond substituents is 2. The topological polar surface area (TPSA) is 52.5 Å². The van der Waals surface area contributed by atoms with Gasteiger partial charge in [0.15, 0.2) is 0 Å². The van der Waals surface area contributed by atoms with Crippen molar-refractivity contribution in [1.29, 1.82) is 0 Å². The van der Waals surface area contributed by atoms with Crippen molar-refractivity contribution in [3.05, 3.63) is 23.8 Å². The van der Waals surface area contributed by atoms with Gasteiger partial charge in [-0.3, -0.25) is 0 Å². The molecular formula is C13H19NO2S. The van der Waals surface area contributed by atoms with E-state index in [0.29, 0.717) is 10.3 Å². The zero-order valence-electron chi connectivity index (χ0n) is 10.2. The Labute approximate surface area is 106 Å². The highest BCUT2D eigenvalue weighted by atomic mass is 32.2. The fraction of sp³-hybridized carbons (Fsp3) is 0.538. The predicted molar refractivity (Wildman–Crippen MR) is 71.7 cm³/mol. The van der Waals surface area contributed by atoms with Gasteiger partial charge < -0.3 is 15.5 Å². The van der Waals surface area contributed by atoms with Crippen molar-refractivity contribution in [2.45, 2.75) is 30.6 Å². The van der Waals surface area contributed by atoms with E-state index in [-0.39, 0.29) is 17.5 Å². The summed E-state index contributed by atoms with van der Waals surface area (Å²) < 4.78 is 0.383. The van der Waals surface area contributed by atoms with Crippen LogP contribution in [-0.4, -0.2) is 27.8 Å². The van der Waals surface area contributed by atoms with E-state index in [0.717, 1.165) is 6.54 Å². The molecule has 1 saturated carbocycles. The molecule has 0 bridgehead atoms. The third-order valence-corrected chi connectivity index (χ3v) is 4.88. The quantitative estimate of drug-likeness (QED) is 0.755. The van der Waals surface area contributed by atoms with Crippen LogP contribution < -0.4 is 5.32 Å². The van der Waals surface area contributed by atoms with Gasteiger partial charge in [-0.05, 0) is 38.2 Å². The van der Waals surface area contributed by atoms with Crippen molar-refractivity contribution in [3.8, 4) is 11.5 Å². The van der Waals surface area contributed by atoms with Crippen LogP contribution in [0.15, 0.2) is 18.2 Å². The van der Waals surface area contributed by atoms with Crippen molar-refractivity contribution >= 4 is 11.8 Å². The standard InChI is InChI=1S/C13H19NO2S/c1-9(14-8-13(17-2)6-7-13)12-10(15)4-3-5-11(12)16/h3-5,9,14-16H,6-8H2,1-2H3. The van der Waals surface area contributed by atoms with E-state index >= 15 is 0 Å². The van der Waals surface area contributed by atoms with Crippen molar-refractivity contribution in [2.24, 2.45) is 0 Å². The number of hydrogen-bond acceptors (Lipinski definition) is 4. The zero-order chi connectivity index (χ0) is 12.5. The Balaban J connectivity index is 2.02. The Hall–Kier alpha value is -0.870. The van der Waals surface area contributed by atoms with E-state index < -0.39 is 0 Å². The summed E-state index contributed by atoms with van der Waals surface area (Å²) in [5.74, 6) is 0.304. The summed E-state index contributed by atoms with van der Waals surface area (Å²) in [7, 11) is 0. The first-order valence-electron chi connectivity index (χ1n) is 5.87. The van der Waals surface area contributed by atoms with Crippen LogP contribution in [-0.2, 0) is 0 Å². The van der Waals surface area contributed by atoms with Gasteiger partial charge in [-0.25, -0.2) is 0 Å². The van der Waals surface area contributed by atoms with Crippen LogP contribution in [0.25, 0.3) is 0 Å². The molecule has 0 radical (unpaired) electrons. The number of benzene rings is 1. The van der Waals surface area contributed by atoms with Crippen molar-refractivity contribution < 1.29 is 10.2 Å². The molecule has 1 aromatic rings. The molecule has 17 heavy (non-hydrogen) atoms. The molecule has 4 heteroatoms. The molecule has 94 valence electrons. The molecule has 0 aliphatic heterocycles. The van der Waals surface area contributed by atoms with E-state index in [1.165, 1.54) is 12.8 Å². The molecule has 0 saturated heterocycles. The van der Waals surface area contributed by atoms with Gasteiger partial charge in [0.1, 0.15) is 11.5 Å². The average molecular weight is 253 g/mol. The van der Waals surface area contributed by atoms with Gasteiger partial charge in [-0.2, -0.15) is 11.8 Å². The summed E-state index contributed by atoms with van der Waals surface area (Å²) in [5, 5.41) is 22.9. The smallest absolute Gasteiger partial charge is 0.124 e. The molecule has 1 unspecified atom stereocenters. The van der Waals surface area contributed by atoms with Crippen molar-refractivity contribution in [2.75, 3.05) is 12.8 Å². The monoisotopic (exact) mass is 253 g/mol. The minimum absolute atomic E-state index is 0.0409. The van der Waals surface area contributed by atoms with Gasteiger partial charge in [-0.15, -0.1) is 0 Å². The van der Waals surface area contributed by atoms with Gasteiger partial charge >= 0.3 is 0 Å². The molecule has 3 nitrogen and oxygen atoms in total. The minimum Gasteiger partial charge on any atom is -0.507 e. The minimum atomic E-state index is -0.0409. The summed E-state index contributed by atoms with van der Waals surface area (Å²) in [6.07, 6.45) is 4.64. The van der Waals surface area contributed by atoms with Gasteiger partial charge in [0, 0.05) is 17.3 Å². The second kappa shape index (κ2) is 4.78. The first-order chi connectivity index (χ1) is 8.08. The highest BCUT2D eigenvalue weighted by molar-refractivity contribution is 8.00. The number of hydrogen-bond donors (Lipinski definition) is 3. The molecule has 0 amide bonds. The molecule has 1 atom stereocenters. The third-order valence-electron chi connectivity index (χ3n) is 3.46. The number of nitrogens with one attached hydrogen (secondary N) is 1. The Kier molecular flexibility index (Phi) is 3.54. The molecule has 1 aliphatic rings. The normalized spacial score (nSPS) is 18.9. The molecule has 0 heterocycles. The van der Waals surface area contributed by atoms with Crippen LogP contribution in [0.5, 0.6) is 11.5 Å². The fourth-order valence-electron chi connectivity index (χ4n) is 2.02. The van der Waals surface area contributed by atoms with E-state index in [4.69, 9.17) is 0 Å². The molecule has 2 rings (SSSR count). The zero-order valence-corrected chi connectivity index (χ0v) is 11.0. The Bertz CT molecular complexity index is 384. The number of thioether (sulfide) groups is 1. The second-order valence-electron chi connectivity index (χ2n) is 4.70. The number of phenols is 2. The van der Waals surface area contributed by atoms with E-state index in [9.17, 15) is 10.2 Å². The second-order valence-corrected chi connectivity index (χ2v) is 5.97. The number of aromatic hydroxyl groups is 2. The van der Waals surface area contributed by atoms with E-state index in [2.05, 4.69) is 11.6 Å². The third kappa shape index (κ3) is 2.69. The highest BCUT2D eigenvalue weighted by Gasteiger charge is 2.41. The molecular weight excluding hydrogens is 234 g/mol. The molecule has 1 fully saturated rings. The van der Waals surface area contributed by atoms with Crippen LogP contribution in [0.4, 0.5) is 0 Å². The molecule has 0 aromatic heterocycles. The van der Waals surface area contributed by atoms with Crippen LogP contribution in [0.3, 0.4) is 0 Å². The van der Waals surface area contributed by atoms with Crippen LogP contribution in [0, 0.1) is 0 Å². The number of rotatable bonds is 5. The SMILES string of the molecule is CSC1(CNC(C)c2c(O)cccc2O)CC1. The lowest BCUT2D eigenvalue weighted by Crippen LogP contribution is -2.28. The maximum Gasteiger partial charge on any atom is 0.124 e. The molecule has 0 spiro atoms. The van der Waals surface area contributed by atoms with Gasteiger partial charge in [-0.1, -0.05) is 6.07 Å². The van der Waals surface area contributed by atoms with E-state index in [1.54, 1.807) is 18.2 Å². The first-order valence-corrected chi connectivity index (χ1v) is 7.10. The maximum atomic E-state index is 9.76. The lowest BCUT2D eigenvalue weighted by Gasteiger charge is -2.20. The Morgan fingerprint density at radius 1 is 1.35 bits per heavy atom. The average Bonchev–Trinajstić information content (AvgIpc) is 3.07. The highest BCUT2D eigenvalue weighted by Crippen LogP contribution is 2.47. The lowest BCUT2D eigenvalue weighted by atomic mass is 10.1. The maximum absolute atomic E-state index is 9.76. The summed E-state index contributed by atoms with van der Waals surface area (Å²) in [6.45, 7) is 2.88. The Morgan fingerprint density at radius 3 is 2.41 bits per heavy atom. The van der Waals surface area contributed by atoms with Crippen LogP contribution in [0.1, 0.15) is 31.4 Å². The van der Waals surface area contributed by atoms with Crippen LogP contribution >= 0.6 is 11.8 Å². The molecule has 3 N–H and O–H groups in total. The largest absolute Gasteiger partial charge is 0.507 e. The summed E-state index contributed by atoms with van der Waals surface area (Å²) in [4.78, 5) is 0. The van der Waals surface area contributed by atoms with E-state index in [1.807, 2.05) is 18.7 Å². The fourth-order valence-corrected chi connectivity index (χ4v) is 2.76. The summed E-state index contributed by atoms with van der Waals surface area (Å²) in [6, 6.07) is 4.81. The van der Waals surface area contributed by atoms with Gasteiger partial charge in [0.2, 0.25) is 0 Å². The summed E-state index contributed by atoms with van der Waals surface area (Å²) >= 11 is 1.90. The summed E-state index contributed by atoms with van der Waals surface area (Å²) in [5.41, 5.74) is 0.587.